The number of carbonyl (C=O) groups is 4. The normalized spacial score (nSPS) is 20.4. The van der Waals surface area contributed by atoms with E-state index in [9.17, 15) is 28.0 Å². The number of amides is 6. The molecule has 23 heavy (non-hydrogen) atoms. The van der Waals surface area contributed by atoms with E-state index in [0.717, 1.165) is 18.2 Å². The zero-order chi connectivity index (χ0) is 17.4. The molecule has 0 radical (unpaired) electrons. The first-order valence-electron chi connectivity index (χ1n) is 6.34. The zero-order valence-electron chi connectivity index (χ0n) is 11.9. The summed E-state index contributed by atoms with van der Waals surface area (Å²) in [5, 5.41) is 3.90. The number of carbonyl (C=O) groups excluding carboxylic acids is 4. The van der Waals surface area contributed by atoms with E-state index in [4.69, 9.17) is 5.73 Å². The summed E-state index contributed by atoms with van der Waals surface area (Å²) in [6, 6.07) is 0.321. The summed E-state index contributed by atoms with van der Waals surface area (Å²) >= 11 is 0. The Bertz CT molecular complexity index is 724. The molecule has 1 heterocycles. The number of imide groups is 2. The van der Waals surface area contributed by atoms with Crippen molar-refractivity contribution in [3.8, 4) is 0 Å². The molecule has 4 N–H and O–H groups in total. The number of primary amides is 1. The van der Waals surface area contributed by atoms with Gasteiger partial charge < -0.3 is 11.1 Å². The first kappa shape index (κ1) is 16.3. The van der Waals surface area contributed by atoms with Gasteiger partial charge in [-0.05, 0) is 25.1 Å². The molecular weight excluding hydrogens is 314 g/mol. The molecule has 0 bridgehead atoms. The van der Waals surface area contributed by atoms with E-state index in [1.165, 1.54) is 6.92 Å². The molecule has 0 aromatic heterocycles. The van der Waals surface area contributed by atoms with Crippen molar-refractivity contribution in [2.75, 3.05) is 6.54 Å². The van der Waals surface area contributed by atoms with Crippen LogP contribution in [-0.4, -0.2) is 35.3 Å². The van der Waals surface area contributed by atoms with Gasteiger partial charge in [0.1, 0.15) is 23.7 Å². The SMILES string of the molecule is C[C@]1(c2cc(F)ccc2F)NC(=O)N(CC(=O)NC(N)=O)C1=O. The minimum absolute atomic E-state index is 0.381. The Morgan fingerprint density at radius 3 is 2.61 bits per heavy atom. The lowest BCUT2D eigenvalue weighted by atomic mass is 9.91. The number of nitrogens with two attached hydrogens (primary N) is 1. The molecular formula is C13H12F2N4O4. The molecule has 1 aliphatic heterocycles. The maximum atomic E-state index is 13.9. The second-order valence-electron chi connectivity index (χ2n) is 4.98. The summed E-state index contributed by atoms with van der Waals surface area (Å²) in [6.45, 7) is 0.386. The van der Waals surface area contributed by atoms with Crippen LogP contribution < -0.4 is 16.4 Å². The molecule has 2 rings (SSSR count). The monoisotopic (exact) mass is 326 g/mol. The summed E-state index contributed by atoms with van der Waals surface area (Å²) in [5.41, 5.74) is 2.49. The number of halogens is 2. The van der Waals surface area contributed by atoms with Gasteiger partial charge in [-0.1, -0.05) is 0 Å². The van der Waals surface area contributed by atoms with Crippen LogP contribution in [0.15, 0.2) is 18.2 Å². The molecule has 0 spiro atoms. The van der Waals surface area contributed by atoms with E-state index in [2.05, 4.69) is 5.32 Å². The maximum Gasteiger partial charge on any atom is 0.325 e. The third kappa shape index (κ3) is 2.96. The predicted molar refractivity (Wildman–Crippen MR) is 71.7 cm³/mol. The molecule has 0 aliphatic carbocycles. The lowest BCUT2D eigenvalue weighted by Crippen LogP contribution is -2.45. The average Bonchev–Trinajstić information content (AvgIpc) is 2.65. The van der Waals surface area contributed by atoms with Crippen LogP contribution in [0.4, 0.5) is 18.4 Å². The Morgan fingerprint density at radius 1 is 1.35 bits per heavy atom. The van der Waals surface area contributed by atoms with Crippen LogP contribution in [0.3, 0.4) is 0 Å². The Labute approximate surface area is 128 Å². The highest BCUT2D eigenvalue weighted by atomic mass is 19.1. The molecule has 10 heteroatoms. The molecule has 1 aromatic rings. The summed E-state index contributed by atoms with van der Waals surface area (Å²) in [7, 11) is 0. The molecule has 1 saturated heterocycles. The van der Waals surface area contributed by atoms with Crippen LogP contribution in [0, 0.1) is 11.6 Å². The van der Waals surface area contributed by atoms with E-state index in [-0.39, 0.29) is 5.56 Å². The van der Waals surface area contributed by atoms with Gasteiger partial charge in [0, 0.05) is 5.56 Å². The Balaban J connectivity index is 2.31. The van der Waals surface area contributed by atoms with Crippen molar-refractivity contribution in [3.63, 3.8) is 0 Å². The number of hydrogen-bond acceptors (Lipinski definition) is 4. The smallest absolute Gasteiger partial charge is 0.325 e. The van der Waals surface area contributed by atoms with Gasteiger partial charge in [-0.2, -0.15) is 0 Å². The Kier molecular flexibility index (Phi) is 4.00. The van der Waals surface area contributed by atoms with Crippen molar-refractivity contribution in [1.82, 2.24) is 15.5 Å². The van der Waals surface area contributed by atoms with Crippen molar-refractivity contribution in [2.45, 2.75) is 12.5 Å². The van der Waals surface area contributed by atoms with Gasteiger partial charge in [0.2, 0.25) is 5.91 Å². The Morgan fingerprint density at radius 2 is 2.00 bits per heavy atom. The second-order valence-corrected chi connectivity index (χ2v) is 4.98. The first-order chi connectivity index (χ1) is 10.6. The molecule has 1 aliphatic rings. The number of urea groups is 2. The van der Waals surface area contributed by atoms with E-state index in [1.807, 2.05) is 0 Å². The third-order valence-corrected chi connectivity index (χ3v) is 3.31. The summed E-state index contributed by atoms with van der Waals surface area (Å²) in [5.74, 6) is -3.66. The van der Waals surface area contributed by atoms with Gasteiger partial charge >= 0.3 is 12.1 Å². The molecule has 8 nitrogen and oxygen atoms in total. The molecule has 122 valence electrons. The fourth-order valence-corrected chi connectivity index (χ4v) is 2.22. The fourth-order valence-electron chi connectivity index (χ4n) is 2.22. The molecule has 6 amide bonds. The van der Waals surface area contributed by atoms with Gasteiger partial charge in [-0.15, -0.1) is 0 Å². The van der Waals surface area contributed by atoms with Gasteiger partial charge in [0.15, 0.2) is 0 Å². The van der Waals surface area contributed by atoms with E-state index < -0.39 is 47.6 Å². The average molecular weight is 326 g/mol. The van der Waals surface area contributed by atoms with Crippen LogP contribution >= 0.6 is 0 Å². The summed E-state index contributed by atoms with van der Waals surface area (Å²) in [4.78, 5) is 46.7. The third-order valence-electron chi connectivity index (χ3n) is 3.31. The number of nitrogens with zero attached hydrogens (tertiary/aromatic N) is 1. The molecule has 1 fully saturated rings. The van der Waals surface area contributed by atoms with Crippen molar-refractivity contribution in [1.29, 1.82) is 0 Å². The van der Waals surface area contributed by atoms with Gasteiger partial charge in [0.05, 0.1) is 0 Å². The minimum atomic E-state index is -1.88. The minimum Gasteiger partial charge on any atom is -0.351 e. The highest BCUT2D eigenvalue weighted by Gasteiger charge is 2.50. The predicted octanol–water partition coefficient (Wildman–Crippen LogP) is -0.0733. The summed E-state index contributed by atoms with van der Waals surface area (Å²) in [6.07, 6.45) is 0. The second kappa shape index (κ2) is 5.63. The van der Waals surface area contributed by atoms with E-state index in [0.29, 0.717) is 4.90 Å². The van der Waals surface area contributed by atoms with E-state index in [1.54, 1.807) is 5.32 Å². The van der Waals surface area contributed by atoms with Crippen molar-refractivity contribution in [2.24, 2.45) is 5.73 Å². The topological polar surface area (TPSA) is 122 Å². The van der Waals surface area contributed by atoms with Gasteiger partial charge in [0.25, 0.3) is 5.91 Å². The molecule has 0 unspecified atom stereocenters. The molecule has 1 atom stereocenters. The van der Waals surface area contributed by atoms with E-state index >= 15 is 0 Å². The van der Waals surface area contributed by atoms with Crippen LogP contribution in [0.5, 0.6) is 0 Å². The van der Waals surface area contributed by atoms with Crippen molar-refractivity contribution < 1.29 is 28.0 Å². The van der Waals surface area contributed by atoms with Crippen LogP contribution in [0.25, 0.3) is 0 Å². The Hall–Kier alpha value is -3.04. The van der Waals surface area contributed by atoms with Gasteiger partial charge in [-0.3, -0.25) is 19.8 Å². The lowest BCUT2D eigenvalue weighted by molar-refractivity contribution is -0.134. The van der Waals surface area contributed by atoms with Crippen LogP contribution in [0.2, 0.25) is 0 Å². The standard InChI is InChI=1S/C13H12F2N4O4/c1-13(7-4-6(14)2-3-8(7)15)10(21)19(12(23)18-13)5-9(20)17-11(16)22/h2-4H,5H2,1H3,(H,18,23)(H3,16,17,20,22)/t13-/m1/s1. The number of nitrogens with one attached hydrogen (secondary N) is 2. The highest BCUT2D eigenvalue weighted by molar-refractivity contribution is 6.10. The lowest BCUT2D eigenvalue weighted by Gasteiger charge is -2.22. The quantitative estimate of drug-likeness (QED) is 0.673. The summed E-state index contributed by atoms with van der Waals surface area (Å²) < 4.78 is 27.2. The van der Waals surface area contributed by atoms with Crippen LogP contribution in [-0.2, 0) is 15.1 Å². The first-order valence-corrected chi connectivity index (χ1v) is 6.34. The highest BCUT2D eigenvalue weighted by Crippen LogP contribution is 2.31. The number of benzene rings is 1. The maximum absolute atomic E-state index is 13.9. The number of rotatable bonds is 3. The van der Waals surface area contributed by atoms with Crippen molar-refractivity contribution >= 4 is 23.9 Å². The zero-order valence-corrected chi connectivity index (χ0v) is 11.9. The largest absolute Gasteiger partial charge is 0.351 e. The van der Waals surface area contributed by atoms with Crippen molar-refractivity contribution in [3.05, 3.63) is 35.4 Å². The molecule has 1 aromatic carbocycles. The molecule has 0 saturated carbocycles. The number of hydrogen-bond donors (Lipinski definition) is 3. The van der Waals surface area contributed by atoms with Gasteiger partial charge in [-0.25, -0.2) is 18.4 Å². The van der Waals surface area contributed by atoms with Crippen LogP contribution in [0.1, 0.15) is 12.5 Å². The fraction of sp³-hybridized carbons (Fsp3) is 0.231.